The fraction of sp³-hybridized carbons (Fsp3) is 0.381. The van der Waals surface area contributed by atoms with E-state index in [1.54, 1.807) is 16.1 Å². The number of nitrogens with zero attached hydrogens (tertiary/aromatic N) is 7. The van der Waals surface area contributed by atoms with Gasteiger partial charge in [-0.15, -0.1) is 31.7 Å². The van der Waals surface area contributed by atoms with Gasteiger partial charge in [0.05, 0.1) is 11.4 Å². The van der Waals surface area contributed by atoms with Crippen molar-refractivity contribution in [1.29, 1.82) is 0 Å². The van der Waals surface area contributed by atoms with E-state index in [-0.39, 0.29) is 0 Å². The van der Waals surface area contributed by atoms with Gasteiger partial charge in [-0.25, -0.2) is 0 Å². The van der Waals surface area contributed by atoms with Gasteiger partial charge < -0.3 is 0 Å². The number of aromatic nitrogens is 7. The quantitative estimate of drug-likeness (QED) is 0.258. The van der Waals surface area contributed by atoms with Gasteiger partial charge in [0.2, 0.25) is 5.82 Å². The minimum absolute atomic E-state index is 0.580. The van der Waals surface area contributed by atoms with Crippen LogP contribution >= 0.6 is 23.1 Å². The molecule has 1 saturated carbocycles. The smallest absolute Gasteiger partial charge is 0.204 e. The molecule has 0 amide bonds. The third-order valence-corrected chi connectivity index (χ3v) is 6.93. The zero-order valence-corrected chi connectivity index (χ0v) is 18.2. The summed E-state index contributed by atoms with van der Waals surface area (Å²) in [5.74, 6) is 2.77. The van der Waals surface area contributed by atoms with Crippen LogP contribution in [0.3, 0.4) is 0 Å². The van der Waals surface area contributed by atoms with Crippen molar-refractivity contribution in [3.63, 3.8) is 0 Å². The fourth-order valence-electron chi connectivity index (χ4n) is 3.35. The summed E-state index contributed by atoms with van der Waals surface area (Å²) < 4.78 is 2.35. The van der Waals surface area contributed by atoms with Crippen molar-refractivity contribution in [2.45, 2.75) is 49.8 Å². The van der Waals surface area contributed by atoms with Crippen molar-refractivity contribution in [3.8, 4) is 22.1 Å². The summed E-state index contributed by atoms with van der Waals surface area (Å²) in [7, 11) is 0. The van der Waals surface area contributed by atoms with E-state index in [1.165, 1.54) is 17.7 Å². The number of tetrazole rings is 1. The molecule has 0 bridgehead atoms. The van der Waals surface area contributed by atoms with Crippen LogP contribution < -0.4 is 0 Å². The Morgan fingerprint density at radius 1 is 0.967 bits per heavy atom. The van der Waals surface area contributed by atoms with E-state index in [2.05, 4.69) is 47.7 Å². The third kappa shape index (κ3) is 4.46. The van der Waals surface area contributed by atoms with Gasteiger partial charge in [0.1, 0.15) is 0 Å². The molecule has 0 N–H and O–H groups in total. The highest BCUT2D eigenvalue weighted by Crippen LogP contribution is 2.41. The maximum absolute atomic E-state index is 4.48. The summed E-state index contributed by atoms with van der Waals surface area (Å²) in [4.78, 5) is 2.91. The van der Waals surface area contributed by atoms with Gasteiger partial charge in [-0.3, -0.25) is 4.57 Å². The molecule has 7 nitrogen and oxygen atoms in total. The summed E-state index contributed by atoms with van der Waals surface area (Å²) in [6.07, 6.45) is 5.78. The molecule has 30 heavy (non-hydrogen) atoms. The fourth-order valence-corrected chi connectivity index (χ4v) is 5.06. The number of benzene rings is 1. The SMILES string of the molecule is c1ccc(-c2nnn(CCCCCSc3nnc(-c4cccs4)n3C3CC3)n2)cc1. The van der Waals surface area contributed by atoms with E-state index < -0.39 is 0 Å². The average molecular weight is 438 g/mol. The molecule has 0 unspecified atom stereocenters. The largest absolute Gasteiger partial charge is 0.298 e. The van der Waals surface area contributed by atoms with Crippen LogP contribution in [0, 0.1) is 0 Å². The van der Waals surface area contributed by atoms with Crippen molar-refractivity contribution in [2.75, 3.05) is 5.75 Å². The second kappa shape index (κ2) is 9.09. The first-order valence-corrected chi connectivity index (χ1v) is 12.2. The molecule has 0 atom stereocenters. The van der Waals surface area contributed by atoms with Crippen molar-refractivity contribution in [1.82, 2.24) is 35.0 Å². The molecule has 1 aromatic carbocycles. The van der Waals surface area contributed by atoms with E-state index in [0.717, 1.165) is 48.1 Å². The molecule has 1 aliphatic carbocycles. The topological polar surface area (TPSA) is 74.3 Å². The Hall–Kier alpha value is -2.52. The molecule has 3 heterocycles. The predicted molar refractivity (Wildman–Crippen MR) is 119 cm³/mol. The molecule has 5 rings (SSSR count). The summed E-state index contributed by atoms with van der Waals surface area (Å²) >= 11 is 3.55. The lowest BCUT2D eigenvalue weighted by Crippen LogP contribution is -2.03. The molecule has 4 aromatic rings. The number of rotatable bonds is 10. The van der Waals surface area contributed by atoms with Crippen LogP contribution in [0.2, 0.25) is 0 Å². The Balaban J connectivity index is 1.08. The number of thioether (sulfide) groups is 1. The van der Waals surface area contributed by atoms with Crippen LogP contribution in [0.5, 0.6) is 0 Å². The number of aryl methyl sites for hydroxylation is 1. The number of unbranched alkanes of at least 4 members (excludes halogenated alkanes) is 2. The van der Waals surface area contributed by atoms with E-state index in [1.807, 2.05) is 42.1 Å². The molecule has 3 aromatic heterocycles. The number of thiophene rings is 1. The monoisotopic (exact) mass is 437 g/mol. The standard InChI is InChI=1S/C21H23N7S2/c1-3-8-16(9-4-1)19-22-26-27(25-19)13-5-2-6-14-30-21-24-23-20(18-10-7-15-29-18)28(21)17-11-12-17/h1,3-4,7-10,15,17H,2,5-6,11-14H2. The Bertz CT molecular complexity index is 1070. The van der Waals surface area contributed by atoms with Crippen LogP contribution in [0.1, 0.15) is 38.1 Å². The Kier molecular flexibility index (Phi) is 5.89. The third-order valence-electron chi connectivity index (χ3n) is 5.04. The van der Waals surface area contributed by atoms with E-state index in [0.29, 0.717) is 11.9 Å². The molecule has 0 radical (unpaired) electrons. The van der Waals surface area contributed by atoms with Crippen molar-refractivity contribution in [3.05, 3.63) is 47.8 Å². The molecule has 1 fully saturated rings. The molecule has 0 spiro atoms. The molecule has 0 aliphatic heterocycles. The van der Waals surface area contributed by atoms with Crippen molar-refractivity contribution in [2.24, 2.45) is 0 Å². The molecule has 0 saturated heterocycles. The van der Waals surface area contributed by atoms with E-state index in [4.69, 9.17) is 0 Å². The average Bonchev–Trinajstić information content (AvgIpc) is 3.17. The first-order valence-electron chi connectivity index (χ1n) is 10.3. The Morgan fingerprint density at radius 3 is 2.67 bits per heavy atom. The summed E-state index contributed by atoms with van der Waals surface area (Å²) in [6, 6.07) is 14.8. The number of hydrogen-bond acceptors (Lipinski definition) is 7. The first-order chi connectivity index (χ1) is 14.9. The predicted octanol–water partition coefficient (Wildman–Crippen LogP) is 4.96. The van der Waals surface area contributed by atoms with E-state index >= 15 is 0 Å². The second-order valence-corrected chi connectivity index (χ2v) is 9.38. The van der Waals surface area contributed by atoms with Crippen LogP contribution in [0.15, 0.2) is 53.0 Å². The lowest BCUT2D eigenvalue weighted by molar-refractivity contribution is 0.486. The summed E-state index contributed by atoms with van der Waals surface area (Å²) in [5.41, 5.74) is 1.00. The highest BCUT2D eigenvalue weighted by atomic mass is 32.2. The highest BCUT2D eigenvalue weighted by molar-refractivity contribution is 7.99. The number of hydrogen-bond donors (Lipinski definition) is 0. The van der Waals surface area contributed by atoms with E-state index in [9.17, 15) is 0 Å². The Morgan fingerprint density at radius 2 is 1.87 bits per heavy atom. The maximum Gasteiger partial charge on any atom is 0.204 e. The summed E-state index contributed by atoms with van der Waals surface area (Å²) in [5, 5.41) is 24.9. The van der Waals surface area contributed by atoms with Gasteiger partial charge in [-0.1, -0.05) is 54.6 Å². The van der Waals surface area contributed by atoms with Crippen LogP contribution in [0.25, 0.3) is 22.1 Å². The van der Waals surface area contributed by atoms with Gasteiger partial charge in [0, 0.05) is 17.4 Å². The highest BCUT2D eigenvalue weighted by Gasteiger charge is 2.30. The minimum Gasteiger partial charge on any atom is -0.298 e. The van der Waals surface area contributed by atoms with Gasteiger partial charge >= 0.3 is 0 Å². The maximum atomic E-state index is 4.48. The van der Waals surface area contributed by atoms with Crippen molar-refractivity contribution >= 4 is 23.1 Å². The molecular weight excluding hydrogens is 414 g/mol. The lowest BCUT2D eigenvalue weighted by Gasteiger charge is -2.07. The van der Waals surface area contributed by atoms with Crippen LogP contribution in [-0.2, 0) is 6.54 Å². The van der Waals surface area contributed by atoms with Gasteiger partial charge in [0.25, 0.3) is 0 Å². The van der Waals surface area contributed by atoms with Gasteiger partial charge in [0.15, 0.2) is 11.0 Å². The minimum atomic E-state index is 0.580. The summed E-state index contributed by atoms with van der Waals surface area (Å²) in [6.45, 7) is 0.797. The van der Waals surface area contributed by atoms with Crippen LogP contribution in [-0.4, -0.2) is 40.7 Å². The Labute approximate surface area is 183 Å². The lowest BCUT2D eigenvalue weighted by atomic mass is 10.2. The zero-order chi connectivity index (χ0) is 20.2. The normalized spacial score (nSPS) is 13.7. The van der Waals surface area contributed by atoms with Gasteiger partial charge in [-0.2, -0.15) is 4.80 Å². The zero-order valence-electron chi connectivity index (χ0n) is 16.6. The molecule has 9 heteroatoms. The first kappa shape index (κ1) is 19.4. The van der Waals surface area contributed by atoms with Crippen molar-refractivity contribution < 1.29 is 0 Å². The molecule has 154 valence electrons. The van der Waals surface area contributed by atoms with Gasteiger partial charge in [-0.05, 0) is 42.3 Å². The molecule has 1 aliphatic rings. The molecular formula is C21H23N7S2. The van der Waals surface area contributed by atoms with Crippen LogP contribution in [0.4, 0.5) is 0 Å². The second-order valence-electron chi connectivity index (χ2n) is 7.37.